The molecule has 11 heteroatoms. The monoisotopic (exact) mass is 555 g/mol. The fraction of sp³-hybridized carbons (Fsp3) is 0.586. The van der Waals surface area contributed by atoms with Crippen molar-refractivity contribution in [3.8, 4) is 5.75 Å². The summed E-state index contributed by atoms with van der Waals surface area (Å²) in [6.07, 6.45) is 4.35. The normalized spacial score (nSPS) is 20.6. The number of ether oxygens (including phenoxy) is 1. The van der Waals surface area contributed by atoms with Crippen molar-refractivity contribution in [3.05, 3.63) is 35.2 Å². The summed E-state index contributed by atoms with van der Waals surface area (Å²) in [7, 11) is 1.67. The van der Waals surface area contributed by atoms with Crippen LogP contribution in [0.15, 0.2) is 22.7 Å². The van der Waals surface area contributed by atoms with Gasteiger partial charge in [0.05, 0.1) is 30.4 Å². The Morgan fingerprint density at radius 3 is 2.58 bits per heavy atom. The number of hydrogen-bond acceptors (Lipinski definition) is 7. The summed E-state index contributed by atoms with van der Waals surface area (Å²) < 4.78 is 11.7. The van der Waals surface area contributed by atoms with Crippen molar-refractivity contribution in [2.24, 2.45) is 11.8 Å². The third kappa shape index (κ3) is 6.41. The highest BCUT2D eigenvalue weighted by molar-refractivity contribution is 6.02. The van der Waals surface area contributed by atoms with Crippen LogP contribution in [0.4, 0.5) is 16.2 Å². The molecule has 1 saturated carbocycles. The van der Waals surface area contributed by atoms with Crippen LogP contribution in [0.1, 0.15) is 67.8 Å². The number of aliphatic hydroxyl groups excluding tert-OH is 1. The number of para-hydroxylation sites is 1. The number of rotatable bonds is 7. The number of amides is 4. The molecule has 0 unspecified atom stereocenters. The lowest BCUT2D eigenvalue weighted by Gasteiger charge is -2.38. The smallest absolute Gasteiger partial charge is 0.321 e. The van der Waals surface area contributed by atoms with E-state index in [-0.39, 0.29) is 48.6 Å². The van der Waals surface area contributed by atoms with E-state index in [1.807, 2.05) is 6.92 Å². The third-order valence-electron chi connectivity index (χ3n) is 7.99. The highest BCUT2D eigenvalue weighted by Gasteiger charge is 2.35. The number of likely N-dealkylation sites (N-methyl/N-ethyl adjacent to an activating group) is 1. The molecule has 1 fully saturated rings. The summed E-state index contributed by atoms with van der Waals surface area (Å²) >= 11 is 0. The molecule has 3 N–H and O–H groups in total. The lowest BCUT2D eigenvalue weighted by atomic mass is 9.88. The number of fused-ring (bicyclic) bond motifs is 1. The molecule has 1 aliphatic heterocycles. The van der Waals surface area contributed by atoms with E-state index >= 15 is 0 Å². The standard InChI is InChI=1S/C29H41N5O6/c1-17-14-34(18(2)16-35)28(37)22-12-9-13-23(30-27(36)21-10-7-6-8-11-21)26(22)39-24(17)15-33(5)29(38)31-25-19(3)32-40-20(25)4/h9,12-13,17-18,21,24,35H,6-8,10-11,14-16H2,1-5H3,(H,30,36)(H,31,38)/t17-,18+,24+/m1/s1. The average molecular weight is 556 g/mol. The first-order valence-corrected chi connectivity index (χ1v) is 14.1. The van der Waals surface area contributed by atoms with Crippen LogP contribution in [0.2, 0.25) is 0 Å². The van der Waals surface area contributed by atoms with Crippen LogP contribution >= 0.6 is 0 Å². The second kappa shape index (κ2) is 12.7. The van der Waals surface area contributed by atoms with E-state index in [2.05, 4.69) is 15.8 Å². The molecule has 1 aliphatic carbocycles. The number of benzene rings is 1. The van der Waals surface area contributed by atoms with Gasteiger partial charge in [-0.05, 0) is 45.7 Å². The Bertz CT molecular complexity index is 1200. The van der Waals surface area contributed by atoms with Crippen molar-refractivity contribution in [3.63, 3.8) is 0 Å². The van der Waals surface area contributed by atoms with E-state index in [0.29, 0.717) is 34.9 Å². The topological polar surface area (TPSA) is 137 Å². The number of aromatic nitrogens is 1. The molecular weight excluding hydrogens is 514 g/mol. The molecule has 4 amide bonds. The number of nitrogens with one attached hydrogen (secondary N) is 2. The minimum atomic E-state index is -0.520. The molecule has 0 spiro atoms. The van der Waals surface area contributed by atoms with Crippen LogP contribution in [0.25, 0.3) is 0 Å². The molecule has 2 heterocycles. The van der Waals surface area contributed by atoms with Crippen LogP contribution in [-0.2, 0) is 4.79 Å². The predicted octanol–water partition coefficient (Wildman–Crippen LogP) is 4.19. The van der Waals surface area contributed by atoms with Gasteiger partial charge in [-0.15, -0.1) is 0 Å². The van der Waals surface area contributed by atoms with E-state index < -0.39 is 12.1 Å². The van der Waals surface area contributed by atoms with E-state index in [9.17, 15) is 19.5 Å². The second-order valence-corrected chi connectivity index (χ2v) is 11.1. The zero-order valence-electron chi connectivity index (χ0n) is 24.0. The summed E-state index contributed by atoms with van der Waals surface area (Å²) in [5, 5.41) is 19.7. The summed E-state index contributed by atoms with van der Waals surface area (Å²) in [4.78, 5) is 43.1. The van der Waals surface area contributed by atoms with Gasteiger partial charge in [0.2, 0.25) is 5.91 Å². The summed E-state index contributed by atoms with van der Waals surface area (Å²) in [5.74, 6) is 0.153. The van der Waals surface area contributed by atoms with Crippen molar-refractivity contribution in [1.82, 2.24) is 15.0 Å². The fourth-order valence-electron chi connectivity index (χ4n) is 5.38. The van der Waals surface area contributed by atoms with Gasteiger partial charge in [0, 0.05) is 25.4 Å². The zero-order chi connectivity index (χ0) is 29.0. The van der Waals surface area contributed by atoms with Crippen molar-refractivity contribution in [2.45, 2.75) is 71.9 Å². The van der Waals surface area contributed by atoms with Gasteiger partial charge in [0.15, 0.2) is 11.5 Å². The lowest BCUT2D eigenvalue weighted by Crippen LogP contribution is -2.50. The van der Waals surface area contributed by atoms with Crippen LogP contribution in [-0.4, -0.2) is 76.8 Å². The highest BCUT2D eigenvalue weighted by atomic mass is 16.5. The molecule has 2 aromatic rings. The maximum Gasteiger partial charge on any atom is 0.321 e. The van der Waals surface area contributed by atoms with Crippen molar-refractivity contribution < 1.29 is 28.8 Å². The molecule has 1 aromatic heterocycles. The Kier molecular flexibility index (Phi) is 9.34. The maximum absolute atomic E-state index is 13.7. The molecule has 218 valence electrons. The summed E-state index contributed by atoms with van der Waals surface area (Å²) in [5.41, 5.74) is 1.84. The first kappa shape index (κ1) is 29.4. The minimum Gasteiger partial charge on any atom is -0.485 e. The Hall–Kier alpha value is -3.60. The molecule has 11 nitrogen and oxygen atoms in total. The molecule has 2 aliphatic rings. The quantitative estimate of drug-likeness (QED) is 0.466. The number of carbonyl (C=O) groups is 3. The summed E-state index contributed by atoms with van der Waals surface area (Å²) in [6, 6.07) is 4.35. The van der Waals surface area contributed by atoms with Gasteiger partial charge in [0.1, 0.15) is 17.5 Å². The Labute approximate surface area is 235 Å². The molecule has 0 radical (unpaired) electrons. The van der Waals surface area contributed by atoms with Crippen LogP contribution in [0.3, 0.4) is 0 Å². The Morgan fingerprint density at radius 1 is 1.20 bits per heavy atom. The van der Waals surface area contributed by atoms with Crippen molar-refractivity contribution >= 4 is 29.2 Å². The first-order chi connectivity index (χ1) is 19.1. The highest BCUT2D eigenvalue weighted by Crippen LogP contribution is 2.36. The van der Waals surface area contributed by atoms with Crippen molar-refractivity contribution in [2.75, 3.05) is 37.4 Å². The van der Waals surface area contributed by atoms with Gasteiger partial charge in [-0.3, -0.25) is 9.59 Å². The number of aryl methyl sites for hydroxylation is 2. The Balaban J connectivity index is 1.63. The van der Waals surface area contributed by atoms with Crippen LogP contribution < -0.4 is 15.4 Å². The molecule has 1 aromatic carbocycles. The average Bonchev–Trinajstić information content (AvgIpc) is 3.27. The van der Waals surface area contributed by atoms with Gasteiger partial charge in [0.25, 0.3) is 5.91 Å². The first-order valence-electron chi connectivity index (χ1n) is 14.1. The number of hydrogen-bond donors (Lipinski definition) is 3. The zero-order valence-corrected chi connectivity index (χ0v) is 24.0. The number of anilines is 2. The number of urea groups is 1. The van der Waals surface area contributed by atoms with Gasteiger partial charge in [-0.25, -0.2) is 4.79 Å². The van der Waals surface area contributed by atoms with Gasteiger partial charge < -0.3 is 34.8 Å². The molecule has 4 rings (SSSR count). The largest absolute Gasteiger partial charge is 0.485 e. The fourth-order valence-corrected chi connectivity index (χ4v) is 5.38. The predicted molar refractivity (Wildman–Crippen MR) is 150 cm³/mol. The van der Waals surface area contributed by atoms with E-state index in [1.165, 1.54) is 4.90 Å². The SMILES string of the molecule is Cc1noc(C)c1NC(=O)N(C)C[C@@H]1Oc2c(NC(=O)C3CCCCC3)cccc2C(=O)N([C@@H](C)CO)C[C@H]1C. The molecule has 3 atom stereocenters. The minimum absolute atomic E-state index is 0.0753. The maximum atomic E-state index is 13.7. The number of carbonyl (C=O) groups excluding carboxylic acids is 3. The number of nitrogens with zero attached hydrogens (tertiary/aromatic N) is 3. The third-order valence-corrected chi connectivity index (χ3v) is 7.99. The lowest BCUT2D eigenvalue weighted by molar-refractivity contribution is -0.120. The Morgan fingerprint density at radius 2 is 1.93 bits per heavy atom. The van der Waals surface area contributed by atoms with Crippen LogP contribution in [0, 0.1) is 25.7 Å². The van der Waals surface area contributed by atoms with Crippen molar-refractivity contribution in [1.29, 1.82) is 0 Å². The van der Waals surface area contributed by atoms with E-state index in [0.717, 1.165) is 32.1 Å². The van der Waals surface area contributed by atoms with Gasteiger partial charge in [-0.1, -0.05) is 37.4 Å². The molecule has 0 saturated heterocycles. The van der Waals surface area contributed by atoms with Crippen LogP contribution in [0.5, 0.6) is 5.75 Å². The number of aliphatic hydroxyl groups is 1. The van der Waals surface area contributed by atoms with Gasteiger partial charge in [-0.2, -0.15) is 0 Å². The van der Waals surface area contributed by atoms with E-state index in [1.54, 1.807) is 50.9 Å². The summed E-state index contributed by atoms with van der Waals surface area (Å²) in [6.45, 7) is 7.54. The molecule has 0 bridgehead atoms. The van der Waals surface area contributed by atoms with E-state index in [4.69, 9.17) is 9.26 Å². The molecule has 40 heavy (non-hydrogen) atoms. The van der Waals surface area contributed by atoms with Gasteiger partial charge >= 0.3 is 6.03 Å². The second-order valence-electron chi connectivity index (χ2n) is 11.1. The molecular formula is C29H41N5O6.